The smallest absolute Gasteiger partial charge is 0.219 e. The van der Waals surface area contributed by atoms with Gasteiger partial charge in [-0.15, -0.1) is 0 Å². The second-order valence-electron chi connectivity index (χ2n) is 4.44. The third-order valence-electron chi connectivity index (χ3n) is 3.06. The zero-order valence-corrected chi connectivity index (χ0v) is 10.7. The average Bonchev–Trinajstić information content (AvgIpc) is 2.89. The highest BCUT2D eigenvalue weighted by Gasteiger charge is 2.33. The zero-order chi connectivity index (χ0) is 13.1. The molecule has 1 aromatic carbocycles. The number of ether oxygens (including phenoxy) is 3. The second kappa shape index (κ2) is 4.99. The van der Waals surface area contributed by atoms with E-state index in [4.69, 9.17) is 14.2 Å². The summed E-state index contributed by atoms with van der Waals surface area (Å²) in [5.41, 5.74) is 0.943. The fraction of sp³-hybridized carbons (Fsp3) is 0.267. The highest BCUT2D eigenvalue weighted by atomic mass is 16.7. The first kappa shape index (κ1) is 12.1. The summed E-state index contributed by atoms with van der Waals surface area (Å²) in [4.78, 5) is 4.13. The molecule has 0 aliphatic carbocycles. The molecule has 4 nitrogen and oxygen atoms in total. The topological polar surface area (TPSA) is 40.6 Å². The van der Waals surface area contributed by atoms with Crippen LogP contribution in [0.25, 0.3) is 0 Å². The third kappa shape index (κ3) is 2.59. The Morgan fingerprint density at radius 2 is 1.95 bits per heavy atom. The Labute approximate surface area is 112 Å². The lowest BCUT2D eigenvalue weighted by Gasteiger charge is -2.23. The Morgan fingerprint density at radius 1 is 1.11 bits per heavy atom. The van der Waals surface area contributed by atoms with Crippen LogP contribution in [-0.2, 0) is 15.3 Å². The molecule has 0 unspecified atom stereocenters. The molecule has 0 N–H and O–H groups in total. The van der Waals surface area contributed by atoms with Crippen molar-refractivity contribution in [2.24, 2.45) is 0 Å². The van der Waals surface area contributed by atoms with E-state index < -0.39 is 5.79 Å². The molecule has 98 valence electrons. The molecule has 1 aliphatic rings. The number of aromatic nitrogens is 1. The van der Waals surface area contributed by atoms with Crippen molar-refractivity contribution in [1.29, 1.82) is 0 Å². The number of pyridine rings is 1. The van der Waals surface area contributed by atoms with Gasteiger partial charge in [-0.2, -0.15) is 0 Å². The largest absolute Gasteiger partial charge is 0.439 e. The number of rotatable bonds is 3. The quantitative estimate of drug-likeness (QED) is 0.847. The van der Waals surface area contributed by atoms with Gasteiger partial charge in [0.15, 0.2) is 5.79 Å². The van der Waals surface area contributed by atoms with Crippen LogP contribution in [0.1, 0.15) is 12.5 Å². The SMILES string of the molecule is CC1(c2cccc(Oc3ccccn3)c2)OCCO1. The van der Waals surface area contributed by atoms with Gasteiger partial charge in [0.2, 0.25) is 5.88 Å². The first-order chi connectivity index (χ1) is 9.26. The Morgan fingerprint density at radius 3 is 2.68 bits per heavy atom. The van der Waals surface area contributed by atoms with E-state index in [1.54, 1.807) is 6.20 Å². The maximum absolute atomic E-state index is 5.70. The summed E-state index contributed by atoms with van der Waals surface area (Å²) in [6.07, 6.45) is 1.70. The van der Waals surface area contributed by atoms with Crippen LogP contribution in [0.15, 0.2) is 48.7 Å². The van der Waals surface area contributed by atoms with Crippen LogP contribution >= 0.6 is 0 Å². The number of benzene rings is 1. The van der Waals surface area contributed by atoms with E-state index in [1.807, 2.05) is 49.4 Å². The van der Waals surface area contributed by atoms with Gasteiger partial charge in [0, 0.05) is 17.8 Å². The molecule has 0 atom stereocenters. The zero-order valence-electron chi connectivity index (χ0n) is 10.7. The standard InChI is InChI=1S/C15H15NO3/c1-15(17-9-10-18-15)12-5-4-6-13(11-12)19-14-7-2-3-8-16-14/h2-8,11H,9-10H2,1H3. The van der Waals surface area contributed by atoms with Crippen molar-refractivity contribution in [3.8, 4) is 11.6 Å². The molecule has 1 aromatic heterocycles. The Hall–Kier alpha value is -1.91. The minimum absolute atomic E-state index is 0.568. The van der Waals surface area contributed by atoms with E-state index in [2.05, 4.69) is 4.98 Å². The molecule has 0 amide bonds. The van der Waals surface area contributed by atoms with Gasteiger partial charge in [-0.1, -0.05) is 18.2 Å². The van der Waals surface area contributed by atoms with Crippen LogP contribution in [0.3, 0.4) is 0 Å². The Bertz CT molecular complexity index is 550. The van der Waals surface area contributed by atoms with Crippen molar-refractivity contribution in [2.75, 3.05) is 13.2 Å². The van der Waals surface area contributed by atoms with E-state index >= 15 is 0 Å². The maximum Gasteiger partial charge on any atom is 0.219 e. The highest BCUT2D eigenvalue weighted by molar-refractivity contribution is 5.33. The molecule has 0 saturated carbocycles. The summed E-state index contributed by atoms with van der Waals surface area (Å²) in [6, 6.07) is 13.2. The van der Waals surface area contributed by atoms with Crippen LogP contribution in [0, 0.1) is 0 Å². The molecular weight excluding hydrogens is 242 g/mol. The van der Waals surface area contributed by atoms with Crippen molar-refractivity contribution in [3.05, 3.63) is 54.2 Å². The predicted octanol–water partition coefficient (Wildman–Crippen LogP) is 3.09. The molecule has 1 aliphatic heterocycles. The van der Waals surface area contributed by atoms with E-state index in [1.165, 1.54) is 0 Å². The van der Waals surface area contributed by atoms with E-state index in [0.29, 0.717) is 19.1 Å². The molecule has 0 spiro atoms. The Balaban J connectivity index is 1.84. The summed E-state index contributed by atoms with van der Waals surface area (Å²) in [5, 5.41) is 0. The fourth-order valence-electron chi connectivity index (χ4n) is 2.05. The molecule has 2 heterocycles. The predicted molar refractivity (Wildman–Crippen MR) is 70.0 cm³/mol. The van der Waals surface area contributed by atoms with Gasteiger partial charge in [-0.25, -0.2) is 4.98 Å². The number of nitrogens with zero attached hydrogens (tertiary/aromatic N) is 1. The Kier molecular flexibility index (Phi) is 3.19. The second-order valence-corrected chi connectivity index (χ2v) is 4.44. The molecule has 0 bridgehead atoms. The lowest BCUT2D eigenvalue weighted by Crippen LogP contribution is -2.22. The molecular formula is C15H15NO3. The van der Waals surface area contributed by atoms with Crippen molar-refractivity contribution >= 4 is 0 Å². The average molecular weight is 257 g/mol. The molecule has 1 saturated heterocycles. The first-order valence-corrected chi connectivity index (χ1v) is 6.24. The lowest BCUT2D eigenvalue weighted by atomic mass is 10.1. The minimum atomic E-state index is -0.677. The highest BCUT2D eigenvalue weighted by Crippen LogP contribution is 2.33. The van der Waals surface area contributed by atoms with Gasteiger partial charge in [0.05, 0.1) is 13.2 Å². The minimum Gasteiger partial charge on any atom is -0.439 e. The number of hydrogen-bond donors (Lipinski definition) is 0. The summed E-state index contributed by atoms with van der Waals surface area (Å²) in [7, 11) is 0. The van der Waals surface area contributed by atoms with Gasteiger partial charge in [0.1, 0.15) is 5.75 Å². The molecule has 1 fully saturated rings. The lowest BCUT2D eigenvalue weighted by molar-refractivity contribution is -0.149. The van der Waals surface area contributed by atoms with Gasteiger partial charge < -0.3 is 14.2 Å². The summed E-state index contributed by atoms with van der Waals surface area (Å²) in [6.45, 7) is 3.14. The summed E-state index contributed by atoms with van der Waals surface area (Å²) < 4.78 is 17.0. The van der Waals surface area contributed by atoms with Crippen LogP contribution in [0.2, 0.25) is 0 Å². The van der Waals surface area contributed by atoms with Crippen molar-refractivity contribution in [2.45, 2.75) is 12.7 Å². The molecule has 2 aromatic rings. The maximum atomic E-state index is 5.70. The van der Waals surface area contributed by atoms with Crippen molar-refractivity contribution in [3.63, 3.8) is 0 Å². The fourth-order valence-corrected chi connectivity index (χ4v) is 2.05. The number of hydrogen-bond acceptors (Lipinski definition) is 4. The van der Waals surface area contributed by atoms with E-state index in [0.717, 1.165) is 11.3 Å². The molecule has 0 radical (unpaired) electrons. The van der Waals surface area contributed by atoms with Crippen LogP contribution in [-0.4, -0.2) is 18.2 Å². The van der Waals surface area contributed by atoms with Crippen LogP contribution < -0.4 is 4.74 Å². The van der Waals surface area contributed by atoms with Gasteiger partial charge in [-0.3, -0.25) is 0 Å². The van der Waals surface area contributed by atoms with Crippen LogP contribution in [0.5, 0.6) is 11.6 Å². The molecule has 19 heavy (non-hydrogen) atoms. The van der Waals surface area contributed by atoms with Gasteiger partial charge in [-0.05, 0) is 25.1 Å². The summed E-state index contributed by atoms with van der Waals surface area (Å²) >= 11 is 0. The third-order valence-corrected chi connectivity index (χ3v) is 3.06. The first-order valence-electron chi connectivity index (χ1n) is 6.24. The summed E-state index contributed by atoms with van der Waals surface area (Å²) in [5.74, 6) is 0.610. The molecule has 3 rings (SSSR count). The van der Waals surface area contributed by atoms with Gasteiger partial charge >= 0.3 is 0 Å². The van der Waals surface area contributed by atoms with Gasteiger partial charge in [0.25, 0.3) is 0 Å². The van der Waals surface area contributed by atoms with E-state index in [-0.39, 0.29) is 0 Å². The van der Waals surface area contributed by atoms with Crippen LogP contribution in [0.4, 0.5) is 0 Å². The van der Waals surface area contributed by atoms with Crippen molar-refractivity contribution in [1.82, 2.24) is 4.98 Å². The van der Waals surface area contributed by atoms with Crippen molar-refractivity contribution < 1.29 is 14.2 Å². The normalized spacial score (nSPS) is 17.3. The molecule has 4 heteroatoms. The van der Waals surface area contributed by atoms with E-state index in [9.17, 15) is 0 Å². The monoisotopic (exact) mass is 257 g/mol.